The van der Waals surface area contributed by atoms with E-state index in [1.54, 1.807) is 27.4 Å². The molecule has 8 nitrogen and oxygen atoms in total. The number of halogens is 2. The number of carbonyl (C=O) groups is 2. The predicted molar refractivity (Wildman–Crippen MR) is 161 cm³/mol. The Balaban J connectivity index is 1.40. The number of thioether (sulfide) groups is 1. The van der Waals surface area contributed by atoms with Crippen molar-refractivity contribution >= 4 is 51.9 Å². The van der Waals surface area contributed by atoms with Crippen LogP contribution in [0.2, 0.25) is 0 Å². The van der Waals surface area contributed by atoms with Crippen LogP contribution in [0, 0.1) is 0 Å². The number of esters is 1. The van der Waals surface area contributed by atoms with Gasteiger partial charge in [-0.3, -0.25) is 4.79 Å². The van der Waals surface area contributed by atoms with E-state index < -0.39 is 24.2 Å². The molecule has 43 heavy (non-hydrogen) atoms. The summed E-state index contributed by atoms with van der Waals surface area (Å²) >= 11 is 0.413. The largest absolute Gasteiger partial charge is 0.493 e. The molecule has 4 aromatic rings. The van der Waals surface area contributed by atoms with Crippen molar-refractivity contribution in [2.24, 2.45) is 0 Å². The Labute approximate surface area is 251 Å². The van der Waals surface area contributed by atoms with Crippen molar-refractivity contribution in [1.29, 1.82) is 0 Å². The van der Waals surface area contributed by atoms with Crippen molar-refractivity contribution in [2.75, 3.05) is 33.3 Å². The average Bonchev–Trinajstić information content (AvgIpc) is 3.40. The lowest BCUT2D eigenvalue weighted by molar-refractivity contribution is -0.119. The van der Waals surface area contributed by atoms with Gasteiger partial charge in [-0.2, -0.15) is 8.78 Å². The summed E-state index contributed by atoms with van der Waals surface area (Å²) in [6.07, 6.45) is 3.17. The first-order chi connectivity index (χ1) is 20.8. The van der Waals surface area contributed by atoms with E-state index in [9.17, 15) is 18.4 Å². The Hall–Kier alpha value is -4.64. The normalized spacial score (nSPS) is 13.2. The molecule has 0 aliphatic heterocycles. The lowest BCUT2D eigenvalue weighted by Gasteiger charge is -2.14. The van der Waals surface area contributed by atoms with Crippen LogP contribution in [0.1, 0.15) is 33.6 Å². The lowest BCUT2D eigenvalue weighted by atomic mass is 10.0. The van der Waals surface area contributed by atoms with Gasteiger partial charge in [0.1, 0.15) is 0 Å². The van der Waals surface area contributed by atoms with E-state index >= 15 is 0 Å². The van der Waals surface area contributed by atoms with Gasteiger partial charge in [-0.1, -0.05) is 30.0 Å². The monoisotopic (exact) mass is 606 g/mol. The Morgan fingerprint density at radius 2 is 1.67 bits per heavy atom. The molecule has 0 radical (unpaired) electrons. The number of pyridine rings is 1. The number of methoxy groups -OCH3 is 3. The highest BCUT2D eigenvalue weighted by Crippen LogP contribution is 2.41. The van der Waals surface area contributed by atoms with Crippen molar-refractivity contribution in [1.82, 2.24) is 4.98 Å². The van der Waals surface area contributed by atoms with Crippen molar-refractivity contribution in [3.05, 3.63) is 83.0 Å². The van der Waals surface area contributed by atoms with Gasteiger partial charge < -0.3 is 24.3 Å². The fourth-order valence-electron chi connectivity index (χ4n) is 5.02. The third kappa shape index (κ3) is 6.56. The van der Waals surface area contributed by atoms with Crippen LogP contribution in [-0.2, 0) is 16.0 Å². The number of hydrogen-bond acceptors (Lipinski definition) is 8. The molecule has 1 aliphatic carbocycles. The zero-order valence-corrected chi connectivity index (χ0v) is 24.4. The zero-order chi connectivity index (χ0) is 30.5. The molecule has 0 bridgehead atoms. The number of allylic oxidation sites excluding steroid dienone is 1. The number of aromatic nitrogens is 1. The standard InChI is InChI=1S/C32H28F2N2O6S/c1-39-25-15-18(16-26(40-2)30(25)41-3)14-19-8-13-23-28(22-6-4-5-7-24(22)36-29(19)23)31(38)42-17-27(37)35-20-9-11-21(12-10-20)43-32(33)34/h4-7,9-12,14-16,32H,8,13,17H2,1-3H3,(H,35,37)/b19-14-. The van der Waals surface area contributed by atoms with E-state index in [-0.39, 0.29) is 0 Å². The molecule has 222 valence electrons. The molecule has 1 aliphatic rings. The fraction of sp³-hybridized carbons (Fsp3) is 0.219. The quantitative estimate of drug-likeness (QED) is 0.155. The minimum Gasteiger partial charge on any atom is -0.493 e. The second-order valence-corrected chi connectivity index (χ2v) is 10.6. The maximum atomic E-state index is 13.5. The fourth-order valence-corrected chi connectivity index (χ4v) is 5.52. The van der Waals surface area contributed by atoms with Gasteiger partial charge in [-0.05, 0) is 78.1 Å². The summed E-state index contributed by atoms with van der Waals surface area (Å²) in [7, 11) is 4.65. The van der Waals surface area contributed by atoms with Crippen LogP contribution in [0.5, 0.6) is 17.2 Å². The number of rotatable bonds is 10. The van der Waals surface area contributed by atoms with Crippen LogP contribution in [0.4, 0.5) is 14.5 Å². The maximum absolute atomic E-state index is 13.5. The summed E-state index contributed by atoms with van der Waals surface area (Å²) in [6, 6.07) is 16.9. The third-order valence-electron chi connectivity index (χ3n) is 6.87. The van der Waals surface area contributed by atoms with Crippen LogP contribution >= 0.6 is 11.8 Å². The third-order valence-corrected chi connectivity index (χ3v) is 7.59. The van der Waals surface area contributed by atoms with Crippen molar-refractivity contribution in [2.45, 2.75) is 23.5 Å². The van der Waals surface area contributed by atoms with Crippen LogP contribution in [0.25, 0.3) is 22.6 Å². The average molecular weight is 607 g/mol. The Bertz CT molecular complexity index is 1680. The molecule has 0 saturated heterocycles. The first-order valence-corrected chi connectivity index (χ1v) is 14.1. The topological polar surface area (TPSA) is 96.0 Å². The van der Waals surface area contributed by atoms with Crippen LogP contribution in [0.3, 0.4) is 0 Å². The predicted octanol–water partition coefficient (Wildman–Crippen LogP) is 6.86. The number of fused-ring (bicyclic) bond motifs is 2. The summed E-state index contributed by atoms with van der Waals surface area (Å²) < 4.78 is 47.0. The smallest absolute Gasteiger partial charge is 0.339 e. The molecule has 3 aromatic carbocycles. The highest BCUT2D eigenvalue weighted by molar-refractivity contribution is 7.99. The second kappa shape index (κ2) is 13.1. The molecule has 1 aromatic heterocycles. The van der Waals surface area contributed by atoms with Crippen LogP contribution in [0.15, 0.2) is 65.6 Å². The number of nitrogens with zero attached hydrogens (tertiary/aromatic N) is 1. The number of alkyl halides is 2. The van der Waals surface area contributed by atoms with Gasteiger partial charge in [-0.15, -0.1) is 0 Å². The molecule has 11 heteroatoms. The van der Waals surface area contributed by atoms with E-state index in [0.29, 0.717) is 74.6 Å². The molecule has 5 rings (SSSR count). The summed E-state index contributed by atoms with van der Waals surface area (Å²) in [5, 5.41) is 3.25. The van der Waals surface area contributed by atoms with Gasteiger partial charge in [0.25, 0.3) is 11.7 Å². The van der Waals surface area contributed by atoms with Gasteiger partial charge in [0.05, 0.1) is 38.1 Å². The van der Waals surface area contributed by atoms with Gasteiger partial charge in [0.2, 0.25) is 5.75 Å². The first-order valence-electron chi connectivity index (χ1n) is 13.3. The lowest BCUT2D eigenvalue weighted by Crippen LogP contribution is -2.21. The van der Waals surface area contributed by atoms with Gasteiger partial charge >= 0.3 is 5.97 Å². The van der Waals surface area contributed by atoms with E-state index in [4.69, 9.17) is 23.9 Å². The maximum Gasteiger partial charge on any atom is 0.339 e. The van der Waals surface area contributed by atoms with E-state index in [1.165, 1.54) is 24.3 Å². The molecular weight excluding hydrogens is 578 g/mol. The Kier molecular flexibility index (Phi) is 9.10. The molecule has 0 atom stereocenters. The van der Waals surface area contributed by atoms with Crippen molar-refractivity contribution < 1.29 is 37.3 Å². The molecule has 0 spiro atoms. The van der Waals surface area contributed by atoms with E-state index in [2.05, 4.69) is 5.32 Å². The highest BCUT2D eigenvalue weighted by atomic mass is 32.2. The Morgan fingerprint density at radius 1 is 0.977 bits per heavy atom. The number of ether oxygens (including phenoxy) is 4. The minimum absolute atomic E-state index is 0.370. The number of benzene rings is 3. The SMILES string of the molecule is COc1cc(/C=C2/CCc3c2nc2ccccc2c3C(=O)OCC(=O)Nc2ccc(SC(F)F)cc2)cc(OC)c1OC. The van der Waals surface area contributed by atoms with Crippen LogP contribution < -0.4 is 19.5 Å². The minimum atomic E-state index is -2.54. The second-order valence-electron chi connectivity index (χ2n) is 9.49. The number of amides is 1. The molecule has 0 unspecified atom stereocenters. The number of anilines is 1. The molecule has 1 heterocycles. The molecule has 0 saturated carbocycles. The van der Waals surface area contributed by atoms with E-state index in [0.717, 1.165) is 16.7 Å². The Morgan fingerprint density at radius 3 is 2.33 bits per heavy atom. The molecular formula is C32H28F2N2O6S. The summed E-state index contributed by atoms with van der Waals surface area (Å²) in [6.45, 7) is -0.522. The summed E-state index contributed by atoms with van der Waals surface area (Å²) in [5.41, 5.74) is 4.56. The number of carbonyl (C=O) groups excluding carboxylic acids is 2. The summed E-state index contributed by atoms with van der Waals surface area (Å²) in [4.78, 5) is 31.3. The van der Waals surface area contributed by atoms with Gasteiger partial charge in [-0.25, -0.2) is 9.78 Å². The first kappa shape index (κ1) is 29.8. The van der Waals surface area contributed by atoms with Crippen LogP contribution in [-0.4, -0.2) is 50.6 Å². The summed E-state index contributed by atoms with van der Waals surface area (Å²) in [5.74, 6) is -2.21. The highest BCUT2D eigenvalue weighted by Gasteiger charge is 2.28. The van der Waals surface area contributed by atoms with Crippen molar-refractivity contribution in [3.8, 4) is 17.2 Å². The zero-order valence-electron chi connectivity index (χ0n) is 23.6. The molecule has 1 N–H and O–H groups in total. The van der Waals surface area contributed by atoms with Crippen molar-refractivity contribution in [3.63, 3.8) is 0 Å². The van der Waals surface area contributed by atoms with E-state index in [1.807, 2.05) is 36.4 Å². The molecule has 0 fully saturated rings. The number of hydrogen-bond donors (Lipinski definition) is 1. The molecule has 1 amide bonds. The van der Waals surface area contributed by atoms with Gasteiger partial charge in [0.15, 0.2) is 18.1 Å². The number of nitrogens with one attached hydrogen (secondary N) is 1. The number of para-hydroxylation sites is 1. The van der Waals surface area contributed by atoms with Gasteiger partial charge in [0, 0.05) is 16.0 Å².